The van der Waals surface area contributed by atoms with Crippen molar-refractivity contribution < 1.29 is 0 Å². The zero-order valence-electron chi connectivity index (χ0n) is 18.1. The number of hydrogen-bond donors (Lipinski definition) is 0. The molecule has 0 bridgehead atoms. The number of nitrogens with zero attached hydrogens (tertiary/aromatic N) is 1. The van der Waals surface area contributed by atoms with E-state index in [1.807, 2.05) is 6.08 Å². The van der Waals surface area contributed by atoms with Crippen LogP contribution in [-0.2, 0) is 0 Å². The quantitative estimate of drug-likeness (QED) is 0.408. The van der Waals surface area contributed by atoms with Gasteiger partial charge in [-0.25, -0.2) is 0 Å². The molecule has 0 amide bonds. The van der Waals surface area contributed by atoms with Crippen molar-refractivity contribution in [2.75, 3.05) is 7.05 Å². The molecule has 2 aliphatic rings. The van der Waals surface area contributed by atoms with Gasteiger partial charge in [-0.2, -0.15) is 0 Å². The Morgan fingerprint density at radius 2 is 1.84 bits per heavy atom. The molecule has 0 heterocycles. The summed E-state index contributed by atoms with van der Waals surface area (Å²) in [6, 6.07) is 0.564. The number of hydrogen-bond acceptors (Lipinski definition) is 1. The van der Waals surface area contributed by atoms with E-state index in [1.165, 1.54) is 37.8 Å². The SMILES string of the molecule is C=CC=CCC1(CC2CC2(C)C)CC1(C)CC(C)=C(C)N(C)C(C)C. The van der Waals surface area contributed by atoms with Gasteiger partial charge in [0, 0.05) is 18.8 Å². The largest absolute Gasteiger partial charge is 0.376 e. The molecular formula is C24H41N. The molecule has 0 aromatic rings. The minimum Gasteiger partial charge on any atom is -0.376 e. The third kappa shape index (κ3) is 4.23. The van der Waals surface area contributed by atoms with E-state index in [1.54, 1.807) is 5.57 Å². The lowest BCUT2D eigenvalue weighted by Gasteiger charge is -2.29. The van der Waals surface area contributed by atoms with Crippen LogP contribution in [0.3, 0.4) is 0 Å². The maximum atomic E-state index is 3.84. The second kappa shape index (κ2) is 6.97. The van der Waals surface area contributed by atoms with Gasteiger partial charge < -0.3 is 4.90 Å². The molecule has 3 unspecified atom stereocenters. The van der Waals surface area contributed by atoms with Crippen molar-refractivity contribution in [2.45, 2.75) is 86.6 Å². The average molecular weight is 344 g/mol. The highest BCUT2D eigenvalue weighted by Crippen LogP contribution is 2.74. The van der Waals surface area contributed by atoms with Crippen LogP contribution in [0.1, 0.15) is 80.6 Å². The molecule has 2 fully saturated rings. The van der Waals surface area contributed by atoms with Crippen LogP contribution in [0.2, 0.25) is 0 Å². The maximum Gasteiger partial charge on any atom is 0.0227 e. The first-order valence-electron chi connectivity index (χ1n) is 10.1. The maximum absolute atomic E-state index is 3.84. The Morgan fingerprint density at radius 3 is 2.32 bits per heavy atom. The van der Waals surface area contributed by atoms with Gasteiger partial charge >= 0.3 is 0 Å². The molecule has 2 aliphatic carbocycles. The zero-order valence-corrected chi connectivity index (χ0v) is 18.1. The molecule has 3 atom stereocenters. The lowest BCUT2D eigenvalue weighted by atomic mass is 9.81. The summed E-state index contributed by atoms with van der Waals surface area (Å²) in [6.07, 6.45) is 13.1. The van der Waals surface area contributed by atoms with Crippen LogP contribution in [0.25, 0.3) is 0 Å². The number of rotatable bonds is 9. The lowest BCUT2D eigenvalue weighted by Crippen LogP contribution is -2.25. The Bertz CT molecular complexity index is 565. The molecule has 0 spiro atoms. The molecule has 2 saturated carbocycles. The topological polar surface area (TPSA) is 3.24 Å². The first-order valence-corrected chi connectivity index (χ1v) is 10.1. The molecule has 2 rings (SSSR count). The van der Waals surface area contributed by atoms with Gasteiger partial charge in [0.15, 0.2) is 0 Å². The summed E-state index contributed by atoms with van der Waals surface area (Å²) in [5.41, 5.74) is 4.58. The van der Waals surface area contributed by atoms with Crippen molar-refractivity contribution in [3.05, 3.63) is 36.1 Å². The summed E-state index contributed by atoms with van der Waals surface area (Å²) < 4.78 is 0. The van der Waals surface area contributed by atoms with Crippen molar-refractivity contribution in [1.82, 2.24) is 4.90 Å². The lowest BCUT2D eigenvalue weighted by molar-refractivity contribution is 0.296. The molecule has 25 heavy (non-hydrogen) atoms. The van der Waals surface area contributed by atoms with E-state index in [2.05, 4.69) is 79.1 Å². The van der Waals surface area contributed by atoms with Crippen LogP contribution >= 0.6 is 0 Å². The summed E-state index contributed by atoms with van der Waals surface area (Å²) in [5.74, 6) is 0.926. The normalized spacial score (nSPS) is 34.2. The third-order valence-corrected chi connectivity index (χ3v) is 7.60. The third-order valence-electron chi connectivity index (χ3n) is 7.60. The highest BCUT2D eigenvalue weighted by molar-refractivity contribution is 5.23. The minimum atomic E-state index is 0.459. The number of allylic oxidation sites excluding steroid dienone is 5. The van der Waals surface area contributed by atoms with Gasteiger partial charge in [0.1, 0.15) is 0 Å². The van der Waals surface area contributed by atoms with Gasteiger partial charge in [-0.15, -0.1) is 0 Å². The van der Waals surface area contributed by atoms with Crippen LogP contribution < -0.4 is 0 Å². The summed E-state index contributed by atoms with van der Waals surface area (Å²) in [5, 5.41) is 0. The minimum absolute atomic E-state index is 0.459. The Morgan fingerprint density at radius 1 is 1.24 bits per heavy atom. The fraction of sp³-hybridized carbons (Fsp3) is 0.750. The van der Waals surface area contributed by atoms with Gasteiger partial charge in [0.25, 0.3) is 0 Å². The highest BCUT2D eigenvalue weighted by atomic mass is 15.1. The van der Waals surface area contributed by atoms with E-state index in [9.17, 15) is 0 Å². The van der Waals surface area contributed by atoms with Crippen molar-refractivity contribution in [3.8, 4) is 0 Å². The summed E-state index contributed by atoms with van der Waals surface area (Å²) in [6.45, 7) is 20.5. The molecular weight excluding hydrogens is 302 g/mol. The summed E-state index contributed by atoms with van der Waals surface area (Å²) in [4.78, 5) is 2.42. The average Bonchev–Trinajstić information content (AvgIpc) is 3.30. The Hall–Kier alpha value is -0.980. The van der Waals surface area contributed by atoms with E-state index >= 15 is 0 Å². The first-order chi connectivity index (χ1) is 11.5. The van der Waals surface area contributed by atoms with Crippen LogP contribution in [0, 0.1) is 22.2 Å². The molecule has 0 N–H and O–H groups in total. The van der Waals surface area contributed by atoms with Gasteiger partial charge in [-0.05, 0) is 82.0 Å². The fourth-order valence-electron chi connectivity index (χ4n) is 4.86. The molecule has 0 aromatic heterocycles. The van der Waals surface area contributed by atoms with E-state index in [0.29, 0.717) is 22.3 Å². The van der Waals surface area contributed by atoms with E-state index in [0.717, 1.165) is 5.92 Å². The summed E-state index contributed by atoms with van der Waals surface area (Å²) >= 11 is 0. The monoisotopic (exact) mass is 343 g/mol. The standard InChI is InChI=1S/C24H41N/c1-10-11-12-13-24(16-21-15-22(21,6)7)17-23(24,8)14-19(4)20(5)25(9)18(2)3/h10-12,18,21H,1,13-17H2,2-9H3. The second-order valence-electron chi connectivity index (χ2n) is 10.2. The van der Waals surface area contributed by atoms with Crippen LogP contribution in [0.4, 0.5) is 0 Å². The van der Waals surface area contributed by atoms with E-state index in [4.69, 9.17) is 0 Å². The van der Waals surface area contributed by atoms with Crippen molar-refractivity contribution >= 4 is 0 Å². The fourth-order valence-corrected chi connectivity index (χ4v) is 4.86. The van der Waals surface area contributed by atoms with Crippen molar-refractivity contribution in [1.29, 1.82) is 0 Å². The predicted molar refractivity (Wildman–Crippen MR) is 112 cm³/mol. The van der Waals surface area contributed by atoms with Gasteiger partial charge in [0.05, 0.1) is 0 Å². The molecule has 1 heteroatoms. The Balaban J connectivity index is 2.13. The molecule has 0 radical (unpaired) electrons. The summed E-state index contributed by atoms with van der Waals surface area (Å²) in [7, 11) is 2.23. The highest BCUT2D eigenvalue weighted by Gasteiger charge is 2.65. The molecule has 0 aromatic carbocycles. The predicted octanol–water partition coefficient (Wildman–Crippen LogP) is 6.98. The van der Waals surface area contributed by atoms with E-state index < -0.39 is 0 Å². The molecule has 1 nitrogen and oxygen atoms in total. The van der Waals surface area contributed by atoms with Crippen molar-refractivity contribution in [2.24, 2.45) is 22.2 Å². The zero-order chi connectivity index (χ0) is 19.0. The molecule has 0 aliphatic heterocycles. The Kier molecular flexibility index (Phi) is 5.67. The van der Waals surface area contributed by atoms with Crippen LogP contribution in [0.15, 0.2) is 36.1 Å². The van der Waals surface area contributed by atoms with Crippen molar-refractivity contribution in [3.63, 3.8) is 0 Å². The van der Waals surface area contributed by atoms with Crippen LogP contribution in [-0.4, -0.2) is 18.0 Å². The second-order valence-corrected chi connectivity index (χ2v) is 10.2. The van der Waals surface area contributed by atoms with Gasteiger partial charge in [-0.1, -0.05) is 51.2 Å². The first kappa shape index (κ1) is 20.3. The molecule has 142 valence electrons. The molecule has 0 saturated heterocycles. The van der Waals surface area contributed by atoms with Crippen LogP contribution in [0.5, 0.6) is 0 Å². The Labute approximate surface area is 157 Å². The van der Waals surface area contributed by atoms with E-state index in [-0.39, 0.29) is 0 Å². The smallest absolute Gasteiger partial charge is 0.0227 e. The van der Waals surface area contributed by atoms with Gasteiger partial charge in [-0.3, -0.25) is 0 Å². The van der Waals surface area contributed by atoms with Gasteiger partial charge in [0.2, 0.25) is 0 Å².